The van der Waals surface area contributed by atoms with E-state index in [1.807, 2.05) is 6.07 Å². The van der Waals surface area contributed by atoms with Gasteiger partial charge in [-0.3, -0.25) is 4.79 Å². The van der Waals surface area contributed by atoms with E-state index in [0.29, 0.717) is 12.0 Å². The van der Waals surface area contributed by atoms with Crippen molar-refractivity contribution in [2.75, 3.05) is 45.6 Å². The number of hydrogen-bond acceptors (Lipinski definition) is 4. The van der Waals surface area contributed by atoms with Crippen molar-refractivity contribution in [2.45, 2.75) is 19.3 Å². The lowest BCUT2D eigenvalue weighted by molar-refractivity contribution is 0.0827. The third-order valence-electron chi connectivity index (χ3n) is 4.85. The van der Waals surface area contributed by atoms with E-state index in [0.717, 1.165) is 43.1 Å². The number of rotatable bonds is 7. The normalized spacial score (nSPS) is 14.3. The van der Waals surface area contributed by atoms with E-state index in [-0.39, 0.29) is 11.7 Å². The Kier molecular flexibility index (Phi) is 6.40. The van der Waals surface area contributed by atoms with E-state index in [1.165, 1.54) is 25.0 Å². The predicted molar refractivity (Wildman–Crippen MR) is 106 cm³/mol. The van der Waals surface area contributed by atoms with Crippen LogP contribution in [0.2, 0.25) is 0 Å². The quantitative estimate of drug-likeness (QED) is 0.814. The van der Waals surface area contributed by atoms with Crippen molar-refractivity contribution in [2.24, 2.45) is 0 Å². The molecule has 5 nitrogen and oxygen atoms in total. The van der Waals surface area contributed by atoms with E-state index in [9.17, 15) is 9.18 Å². The number of carbonyl (C=O) groups is 1. The van der Waals surface area contributed by atoms with Gasteiger partial charge in [-0.15, -0.1) is 0 Å². The molecule has 0 aliphatic carbocycles. The topological polar surface area (TPSA) is 48.5 Å². The van der Waals surface area contributed by atoms with Gasteiger partial charge in [0.1, 0.15) is 11.6 Å². The standard InChI is InChI=1S/C21H27FN4O/c1-25(2)21(27)18-14-17(13-16-5-7-19(22)8-6-16)20(24-15-18)23-9-12-26-10-3-4-11-26/h5-8,14-15H,3-4,9-13H2,1-2H3,(H,23,24). The minimum atomic E-state index is -0.252. The second-order valence-electron chi connectivity index (χ2n) is 7.21. The van der Waals surface area contributed by atoms with Crippen LogP contribution in [0, 0.1) is 5.82 Å². The van der Waals surface area contributed by atoms with Gasteiger partial charge in [0.2, 0.25) is 0 Å². The highest BCUT2D eigenvalue weighted by Gasteiger charge is 2.14. The number of likely N-dealkylation sites (tertiary alicyclic amines) is 1. The van der Waals surface area contributed by atoms with E-state index < -0.39 is 0 Å². The maximum atomic E-state index is 13.2. The molecule has 6 heteroatoms. The second-order valence-corrected chi connectivity index (χ2v) is 7.21. The highest BCUT2D eigenvalue weighted by atomic mass is 19.1. The molecule has 1 fully saturated rings. The number of benzene rings is 1. The number of nitrogens with zero attached hydrogens (tertiary/aromatic N) is 3. The number of hydrogen-bond donors (Lipinski definition) is 1. The van der Waals surface area contributed by atoms with Gasteiger partial charge in [0.25, 0.3) is 5.91 Å². The van der Waals surface area contributed by atoms with Crippen molar-refractivity contribution >= 4 is 11.7 Å². The molecule has 1 amide bonds. The zero-order valence-electron chi connectivity index (χ0n) is 16.0. The molecule has 2 aromatic rings. The Morgan fingerprint density at radius 3 is 2.59 bits per heavy atom. The summed E-state index contributed by atoms with van der Waals surface area (Å²) in [5.74, 6) is 0.456. The molecule has 0 spiro atoms. The zero-order chi connectivity index (χ0) is 19.2. The Morgan fingerprint density at radius 1 is 1.22 bits per heavy atom. The first-order valence-corrected chi connectivity index (χ1v) is 9.44. The summed E-state index contributed by atoms with van der Waals surface area (Å²) in [7, 11) is 3.45. The van der Waals surface area contributed by atoms with Crippen LogP contribution in [0.15, 0.2) is 36.5 Å². The molecule has 0 saturated carbocycles. The largest absolute Gasteiger partial charge is 0.369 e. The van der Waals surface area contributed by atoms with Crippen molar-refractivity contribution in [3.8, 4) is 0 Å². The third kappa shape index (κ3) is 5.26. The van der Waals surface area contributed by atoms with Crippen molar-refractivity contribution in [1.29, 1.82) is 0 Å². The Morgan fingerprint density at radius 2 is 1.93 bits per heavy atom. The molecule has 0 atom stereocenters. The monoisotopic (exact) mass is 370 g/mol. The molecule has 1 aromatic heterocycles. The van der Waals surface area contributed by atoms with Gasteiger partial charge >= 0.3 is 0 Å². The Labute approximate surface area is 160 Å². The SMILES string of the molecule is CN(C)C(=O)c1cnc(NCCN2CCCC2)c(Cc2ccc(F)cc2)c1. The van der Waals surface area contributed by atoms with Crippen molar-refractivity contribution in [1.82, 2.24) is 14.8 Å². The first-order valence-electron chi connectivity index (χ1n) is 9.44. The lowest BCUT2D eigenvalue weighted by atomic mass is 10.0. The molecule has 1 aliphatic heterocycles. The summed E-state index contributed by atoms with van der Waals surface area (Å²) in [5.41, 5.74) is 2.48. The van der Waals surface area contributed by atoms with Crippen LogP contribution in [0.3, 0.4) is 0 Å². The van der Waals surface area contributed by atoms with Gasteiger partial charge in [-0.1, -0.05) is 12.1 Å². The number of aromatic nitrogens is 1. The van der Waals surface area contributed by atoms with Gasteiger partial charge in [-0.25, -0.2) is 9.37 Å². The summed E-state index contributed by atoms with van der Waals surface area (Å²) in [6, 6.07) is 8.33. The maximum Gasteiger partial charge on any atom is 0.254 e. The smallest absolute Gasteiger partial charge is 0.254 e. The zero-order valence-corrected chi connectivity index (χ0v) is 16.0. The lowest BCUT2D eigenvalue weighted by Crippen LogP contribution is -2.26. The Bertz CT molecular complexity index is 770. The molecule has 27 heavy (non-hydrogen) atoms. The molecule has 1 aliphatic rings. The van der Waals surface area contributed by atoms with Gasteiger partial charge < -0.3 is 15.1 Å². The molecular formula is C21H27FN4O. The molecule has 144 valence electrons. The summed E-state index contributed by atoms with van der Waals surface area (Å²) in [4.78, 5) is 20.8. The highest BCUT2D eigenvalue weighted by molar-refractivity contribution is 5.94. The van der Waals surface area contributed by atoms with Crippen molar-refractivity contribution < 1.29 is 9.18 Å². The Balaban J connectivity index is 1.77. The summed E-state index contributed by atoms with van der Waals surface area (Å²) >= 11 is 0. The molecular weight excluding hydrogens is 343 g/mol. The minimum absolute atomic E-state index is 0.0773. The van der Waals surface area contributed by atoms with Gasteiger partial charge in [0, 0.05) is 39.8 Å². The molecule has 1 N–H and O–H groups in total. The first kappa shape index (κ1) is 19.3. The van der Waals surface area contributed by atoms with Gasteiger partial charge in [0.05, 0.1) is 5.56 Å². The molecule has 0 radical (unpaired) electrons. The summed E-state index contributed by atoms with van der Waals surface area (Å²) in [5, 5.41) is 3.42. The molecule has 2 heterocycles. The Hall–Kier alpha value is -2.47. The summed E-state index contributed by atoms with van der Waals surface area (Å²) < 4.78 is 13.2. The molecule has 3 rings (SSSR count). The van der Waals surface area contributed by atoms with Crippen molar-refractivity contribution in [3.63, 3.8) is 0 Å². The molecule has 0 unspecified atom stereocenters. The van der Waals surface area contributed by atoms with Crippen LogP contribution in [0.5, 0.6) is 0 Å². The molecule has 1 aromatic carbocycles. The predicted octanol–water partition coefficient (Wildman–Crippen LogP) is 3.02. The van der Waals surface area contributed by atoms with Gasteiger partial charge in [-0.2, -0.15) is 0 Å². The van der Waals surface area contributed by atoms with E-state index in [1.54, 1.807) is 37.3 Å². The number of nitrogens with one attached hydrogen (secondary N) is 1. The fraction of sp³-hybridized carbons (Fsp3) is 0.429. The van der Waals surface area contributed by atoms with Crippen LogP contribution in [0.1, 0.15) is 34.3 Å². The summed E-state index contributed by atoms with van der Waals surface area (Å²) in [6.45, 7) is 4.11. The second kappa shape index (κ2) is 8.95. The lowest BCUT2D eigenvalue weighted by Gasteiger charge is -2.17. The fourth-order valence-electron chi connectivity index (χ4n) is 3.34. The summed E-state index contributed by atoms with van der Waals surface area (Å²) in [6.07, 6.45) is 4.76. The van der Waals surface area contributed by atoms with E-state index in [2.05, 4.69) is 15.2 Å². The van der Waals surface area contributed by atoms with Crippen LogP contribution >= 0.6 is 0 Å². The number of carbonyl (C=O) groups excluding carboxylic acids is 1. The van der Waals surface area contributed by atoms with Crippen molar-refractivity contribution in [3.05, 3.63) is 59.0 Å². The van der Waals surface area contributed by atoms with Crippen LogP contribution in [0.25, 0.3) is 0 Å². The van der Waals surface area contributed by atoms with Crippen LogP contribution in [-0.2, 0) is 6.42 Å². The number of anilines is 1. The maximum absolute atomic E-state index is 13.2. The number of halogens is 1. The van der Waals surface area contributed by atoms with E-state index in [4.69, 9.17) is 0 Å². The van der Waals surface area contributed by atoms with Crippen LogP contribution in [0.4, 0.5) is 10.2 Å². The third-order valence-corrected chi connectivity index (χ3v) is 4.85. The average Bonchev–Trinajstić information content (AvgIpc) is 3.17. The fourth-order valence-corrected chi connectivity index (χ4v) is 3.34. The van der Waals surface area contributed by atoms with E-state index >= 15 is 0 Å². The highest BCUT2D eigenvalue weighted by Crippen LogP contribution is 2.20. The van der Waals surface area contributed by atoms with Gasteiger partial charge in [0.15, 0.2) is 0 Å². The average molecular weight is 370 g/mol. The number of amides is 1. The first-order chi connectivity index (χ1) is 13.0. The van der Waals surface area contributed by atoms with Crippen LogP contribution < -0.4 is 5.32 Å². The van der Waals surface area contributed by atoms with Gasteiger partial charge in [-0.05, 0) is 55.3 Å². The number of pyridine rings is 1. The molecule has 1 saturated heterocycles. The minimum Gasteiger partial charge on any atom is -0.369 e. The van der Waals surface area contributed by atoms with Crippen LogP contribution in [-0.4, -0.2) is 61.0 Å². The molecule has 0 bridgehead atoms.